The number of carbonyl (C=O) groups is 1. The van der Waals surface area contributed by atoms with Crippen LogP contribution in [-0.4, -0.2) is 25.0 Å². The van der Waals surface area contributed by atoms with Crippen LogP contribution >= 0.6 is 0 Å². The van der Waals surface area contributed by atoms with Crippen LogP contribution in [0.2, 0.25) is 0 Å². The molecule has 1 amide bonds. The zero-order valence-corrected chi connectivity index (χ0v) is 11.6. The summed E-state index contributed by atoms with van der Waals surface area (Å²) >= 11 is 0. The second kappa shape index (κ2) is 7.00. The minimum atomic E-state index is -0.0947. The first-order valence-corrected chi connectivity index (χ1v) is 7.20. The summed E-state index contributed by atoms with van der Waals surface area (Å²) in [6, 6.07) is 0.353. The van der Waals surface area contributed by atoms with Crippen molar-refractivity contribution in [2.75, 3.05) is 13.1 Å². The van der Waals surface area contributed by atoms with Gasteiger partial charge >= 0.3 is 0 Å². The van der Waals surface area contributed by atoms with Crippen molar-refractivity contribution in [2.45, 2.75) is 65.3 Å². The Bertz CT molecular complexity index is 225. The van der Waals surface area contributed by atoms with Crippen molar-refractivity contribution in [1.82, 2.24) is 10.6 Å². The van der Waals surface area contributed by atoms with E-state index in [1.807, 2.05) is 0 Å². The third kappa shape index (κ3) is 3.70. The largest absolute Gasteiger partial charge is 0.353 e. The van der Waals surface area contributed by atoms with Gasteiger partial charge in [0, 0.05) is 6.04 Å². The summed E-state index contributed by atoms with van der Waals surface area (Å²) < 4.78 is 0. The Hall–Kier alpha value is -0.570. The van der Waals surface area contributed by atoms with E-state index < -0.39 is 0 Å². The number of carbonyl (C=O) groups excluding carboxylic acids is 1. The van der Waals surface area contributed by atoms with Crippen LogP contribution in [0.25, 0.3) is 0 Å². The fraction of sp³-hybridized carbons (Fsp3) is 0.929. The molecule has 0 unspecified atom stereocenters. The van der Waals surface area contributed by atoms with Crippen molar-refractivity contribution in [3.8, 4) is 0 Å². The van der Waals surface area contributed by atoms with Crippen LogP contribution in [-0.2, 0) is 4.79 Å². The molecule has 0 bridgehead atoms. The van der Waals surface area contributed by atoms with E-state index >= 15 is 0 Å². The van der Waals surface area contributed by atoms with Gasteiger partial charge in [0.15, 0.2) is 0 Å². The molecule has 1 aliphatic heterocycles. The van der Waals surface area contributed by atoms with Gasteiger partial charge in [-0.1, -0.05) is 27.2 Å². The van der Waals surface area contributed by atoms with E-state index in [1.165, 1.54) is 0 Å². The predicted molar refractivity (Wildman–Crippen MR) is 72.0 cm³/mol. The van der Waals surface area contributed by atoms with Crippen molar-refractivity contribution < 1.29 is 4.79 Å². The van der Waals surface area contributed by atoms with E-state index in [4.69, 9.17) is 0 Å². The van der Waals surface area contributed by atoms with E-state index in [0.717, 1.165) is 51.6 Å². The van der Waals surface area contributed by atoms with Gasteiger partial charge in [-0.05, 0) is 45.2 Å². The first kappa shape index (κ1) is 14.5. The fourth-order valence-corrected chi connectivity index (χ4v) is 2.81. The molecule has 100 valence electrons. The number of nitrogens with one attached hydrogen (secondary N) is 2. The van der Waals surface area contributed by atoms with Gasteiger partial charge in [0.25, 0.3) is 0 Å². The SMILES string of the molecule is CCCC1(C(=O)NC(CC)CC)CCNCC1. The van der Waals surface area contributed by atoms with Crippen LogP contribution in [0.4, 0.5) is 0 Å². The molecule has 1 aliphatic rings. The highest BCUT2D eigenvalue weighted by Gasteiger charge is 2.38. The van der Waals surface area contributed by atoms with Gasteiger partial charge in [-0.2, -0.15) is 0 Å². The zero-order chi connectivity index (χ0) is 12.7. The van der Waals surface area contributed by atoms with Crippen LogP contribution in [0.1, 0.15) is 59.3 Å². The van der Waals surface area contributed by atoms with E-state index in [2.05, 4.69) is 31.4 Å². The maximum absolute atomic E-state index is 12.5. The lowest BCUT2D eigenvalue weighted by Gasteiger charge is -2.37. The Labute approximate surface area is 106 Å². The second-order valence-electron chi connectivity index (χ2n) is 5.27. The highest BCUT2D eigenvalue weighted by atomic mass is 16.2. The lowest BCUT2D eigenvalue weighted by atomic mass is 9.74. The predicted octanol–water partition coefficient (Wildman–Crippen LogP) is 2.46. The summed E-state index contributed by atoms with van der Waals surface area (Å²) in [6.45, 7) is 8.42. The van der Waals surface area contributed by atoms with Gasteiger partial charge in [0.2, 0.25) is 5.91 Å². The molecule has 1 heterocycles. The van der Waals surface area contributed by atoms with Gasteiger partial charge < -0.3 is 10.6 Å². The first-order valence-electron chi connectivity index (χ1n) is 7.20. The smallest absolute Gasteiger partial charge is 0.226 e. The van der Waals surface area contributed by atoms with E-state index in [1.54, 1.807) is 0 Å². The van der Waals surface area contributed by atoms with Crippen LogP contribution in [0.15, 0.2) is 0 Å². The van der Waals surface area contributed by atoms with E-state index in [0.29, 0.717) is 11.9 Å². The standard InChI is InChI=1S/C14H28N2O/c1-4-7-14(8-10-15-11-9-14)13(17)16-12(5-2)6-3/h12,15H,4-11H2,1-3H3,(H,16,17). The summed E-state index contributed by atoms with van der Waals surface area (Å²) in [5, 5.41) is 6.60. The Morgan fingerprint density at radius 2 is 1.82 bits per heavy atom. The van der Waals surface area contributed by atoms with Crippen LogP contribution in [0, 0.1) is 5.41 Å². The molecule has 0 spiro atoms. The molecule has 2 N–H and O–H groups in total. The summed E-state index contributed by atoms with van der Waals surface area (Å²) in [5.74, 6) is 0.301. The molecule has 1 rings (SSSR count). The molecule has 1 fully saturated rings. The summed E-state index contributed by atoms with van der Waals surface area (Å²) in [4.78, 5) is 12.5. The number of amides is 1. The number of piperidine rings is 1. The molecule has 17 heavy (non-hydrogen) atoms. The molecule has 3 heteroatoms. The Morgan fingerprint density at radius 3 is 2.29 bits per heavy atom. The normalized spacial score (nSPS) is 19.3. The molecule has 3 nitrogen and oxygen atoms in total. The third-order valence-corrected chi connectivity index (χ3v) is 4.09. The quantitative estimate of drug-likeness (QED) is 0.749. The first-order chi connectivity index (χ1) is 8.18. The van der Waals surface area contributed by atoms with Crippen molar-refractivity contribution in [3.63, 3.8) is 0 Å². The minimum Gasteiger partial charge on any atom is -0.353 e. The number of rotatable bonds is 6. The van der Waals surface area contributed by atoms with Crippen LogP contribution in [0.5, 0.6) is 0 Å². The van der Waals surface area contributed by atoms with Gasteiger partial charge in [-0.3, -0.25) is 4.79 Å². The Kier molecular flexibility index (Phi) is 5.96. The Balaban J connectivity index is 2.65. The molecule has 0 atom stereocenters. The minimum absolute atomic E-state index is 0.0947. The van der Waals surface area contributed by atoms with Crippen molar-refractivity contribution in [3.05, 3.63) is 0 Å². The van der Waals surface area contributed by atoms with Gasteiger partial charge in [0.05, 0.1) is 5.41 Å². The zero-order valence-electron chi connectivity index (χ0n) is 11.6. The maximum atomic E-state index is 12.5. The van der Waals surface area contributed by atoms with Crippen molar-refractivity contribution >= 4 is 5.91 Å². The fourth-order valence-electron chi connectivity index (χ4n) is 2.81. The average Bonchev–Trinajstić information content (AvgIpc) is 2.37. The molecule has 0 aromatic heterocycles. The lowest BCUT2D eigenvalue weighted by Crippen LogP contribution is -2.50. The highest BCUT2D eigenvalue weighted by Crippen LogP contribution is 2.34. The van der Waals surface area contributed by atoms with Crippen LogP contribution in [0.3, 0.4) is 0 Å². The molecular formula is C14H28N2O. The van der Waals surface area contributed by atoms with Crippen molar-refractivity contribution in [1.29, 1.82) is 0 Å². The molecule has 1 saturated heterocycles. The van der Waals surface area contributed by atoms with Gasteiger partial charge in [0.1, 0.15) is 0 Å². The average molecular weight is 240 g/mol. The third-order valence-electron chi connectivity index (χ3n) is 4.09. The van der Waals surface area contributed by atoms with E-state index in [-0.39, 0.29) is 5.41 Å². The lowest BCUT2D eigenvalue weighted by molar-refractivity contribution is -0.134. The molecule has 0 aromatic carbocycles. The molecular weight excluding hydrogens is 212 g/mol. The van der Waals surface area contributed by atoms with Gasteiger partial charge in [-0.25, -0.2) is 0 Å². The topological polar surface area (TPSA) is 41.1 Å². The van der Waals surface area contributed by atoms with E-state index in [9.17, 15) is 4.79 Å². The maximum Gasteiger partial charge on any atom is 0.226 e. The summed E-state index contributed by atoms with van der Waals surface area (Å²) in [5.41, 5.74) is -0.0947. The molecule has 0 saturated carbocycles. The summed E-state index contributed by atoms with van der Waals surface area (Å²) in [6.07, 6.45) is 6.17. The molecule has 0 aliphatic carbocycles. The van der Waals surface area contributed by atoms with Gasteiger partial charge in [-0.15, -0.1) is 0 Å². The van der Waals surface area contributed by atoms with Crippen LogP contribution < -0.4 is 10.6 Å². The van der Waals surface area contributed by atoms with Crippen molar-refractivity contribution in [2.24, 2.45) is 5.41 Å². The highest BCUT2D eigenvalue weighted by molar-refractivity contribution is 5.83. The Morgan fingerprint density at radius 1 is 1.24 bits per heavy atom. The number of hydrogen-bond acceptors (Lipinski definition) is 2. The molecule has 0 radical (unpaired) electrons. The monoisotopic (exact) mass is 240 g/mol. The summed E-state index contributed by atoms with van der Waals surface area (Å²) in [7, 11) is 0. The molecule has 0 aromatic rings. The second-order valence-corrected chi connectivity index (χ2v) is 5.27. The number of hydrogen-bond donors (Lipinski definition) is 2.